The quantitative estimate of drug-likeness (QED) is 0.640. The molecule has 0 N–H and O–H groups in total. The lowest BCUT2D eigenvalue weighted by atomic mass is 10.1. The van der Waals surface area contributed by atoms with Gasteiger partial charge in [0.2, 0.25) is 0 Å². The van der Waals surface area contributed by atoms with Crippen LogP contribution in [0, 0.1) is 6.92 Å². The lowest BCUT2D eigenvalue weighted by molar-refractivity contribution is 0.0980. The SMILES string of the molecule is Cc1nc2ccc(Cl)cc2cc1C(=O)N1c2ccccc2CC1C. The number of aromatic nitrogens is 1. The Balaban J connectivity index is 1.82. The molecule has 4 rings (SSSR count). The molecule has 3 aromatic rings. The molecular formula is C20H17ClN2O. The summed E-state index contributed by atoms with van der Waals surface area (Å²) in [5, 5.41) is 1.53. The summed E-state index contributed by atoms with van der Waals surface area (Å²) in [7, 11) is 0. The van der Waals surface area contributed by atoms with Crippen LogP contribution in [0.4, 0.5) is 5.69 Å². The van der Waals surface area contributed by atoms with Gasteiger partial charge >= 0.3 is 0 Å². The number of aryl methyl sites for hydroxylation is 1. The van der Waals surface area contributed by atoms with E-state index in [-0.39, 0.29) is 11.9 Å². The number of amides is 1. The number of fused-ring (bicyclic) bond motifs is 2. The van der Waals surface area contributed by atoms with Crippen LogP contribution in [0.15, 0.2) is 48.5 Å². The Morgan fingerprint density at radius 2 is 2.00 bits per heavy atom. The van der Waals surface area contributed by atoms with Gasteiger partial charge in [0.05, 0.1) is 16.8 Å². The molecule has 1 unspecified atom stereocenters. The zero-order valence-corrected chi connectivity index (χ0v) is 14.3. The van der Waals surface area contributed by atoms with Crippen molar-refractivity contribution in [3.63, 3.8) is 0 Å². The minimum absolute atomic E-state index is 0.000625. The number of nitrogens with zero attached hydrogens (tertiary/aromatic N) is 2. The highest BCUT2D eigenvalue weighted by Crippen LogP contribution is 2.33. The number of carbonyl (C=O) groups is 1. The molecule has 1 aliphatic heterocycles. The summed E-state index contributed by atoms with van der Waals surface area (Å²) in [4.78, 5) is 19.7. The predicted octanol–water partition coefficient (Wildman–Crippen LogP) is 4.79. The minimum atomic E-state index is -0.000625. The zero-order chi connectivity index (χ0) is 16.8. The van der Waals surface area contributed by atoms with Crippen molar-refractivity contribution in [2.24, 2.45) is 0 Å². The maximum absolute atomic E-state index is 13.2. The molecule has 0 spiro atoms. The number of hydrogen-bond donors (Lipinski definition) is 0. The van der Waals surface area contributed by atoms with Gasteiger partial charge in [-0.2, -0.15) is 0 Å². The van der Waals surface area contributed by atoms with Crippen LogP contribution in [0.3, 0.4) is 0 Å². The number of para-hydroxylation sites is 1. The third kappa shape index (κ3) is 2.36. The van der Waals surface area contributed by atoms with Gasteiger partial charge in [0.15, 0.2) is 0 Å². The van der Waals surface area contributed by atoms with Crippen LogP contribution < -0.4 is 4.90 Å². The Kier molecular flexibility index (Phi) is 3.54. The van der Waals surface area contributed by atoms with E-state index >= 15 is 0 Å². The number of halogens is 1. The number of benzene rings is 2. The first kappa shape index (κ1) is 15.2. The molecule has 0 radical (unpaired) electrons. The monoisotopic (exact) mass is 336 g/mol. The van der Waals surface area contributed by atoms with Gasteiger partial charge in [-0.25, -0.2) is 0 Å². The summed E-state index contributed by atoms with van der Waals surface area (Å²) in [5.74, 6) is -0.000625. The molecule has 1 aliphatic rings. The van der Waals surface area contributed by atoms with Gasteiger partial charge in [-0.1, -0.05) is 29.8 Å². The van der Waals surface area contributed by atoms with E-state index in [4.69, 9.17) is 11.6 Å². The number of carbonyl (C=O) groups excluding carboxylic acids is 1. The van der Waals surface area contributed by atoms with Crippen molar-refractivity contribution in [2.75, 3.05) is 4.90 Å². The fraction of sp³-hybridized carbons (Fsp3) is 0.200. The molecule has 0 saturated carbocycles. The predicted molar refractivity (Wildman–Crippen MR) is 97.9 cm³/mol. The second-order valence-electron chi connectivity index (χ2n) is 6.32. The van der Waals surface area contributed by atoms with Gasteiger partial charge < -0.3 is 4.90 Å². The second kappa shape index (κ2) is 5.60. The van der Waals surface area contributed by atoms with Gasteiger partial charge in [-0.15, -0.1) is 0 Å². The van der Waals surface area contributed by atoms with E-state index in [0.717, 1.165) is 28.7 Å². The smallest absolute Gasteiger partial charge is 0.260 e. The Bertz CT molecular complexity index is 967. The molecule has 2 aromatic carbocycles. The first-order valence-corrected chi connectivity index (χ1v) is 8.41. The van der Waals surface area contributed by atoms with Crippen LogP contribution in [0.25, 0.3) is 10.9 Å². The van der Waals surface area contributed by atoms with E-state index in [1.54, 1.807) is 0 Å². The van der Waals surface area contributed by atoms with E-state index in [2.05, 4.69) is 18.0 Å². The Morgan fingerprint density at radius 3 is 2.83 bits per heavy atom. The van der Waals surface area contributed by atoms with E-state index < -0.39 is 0 Å². The average molecular weight is 337 g/mol. The summed E-state index contributed by atoms with van der Waals surface area (Å²) in [6.07, 6.45) is 0.883. The molecular weight excluding hydrogens is 320 g/mol. The van der Waals surface area contributed by atoms with Crippen LogP contribution in [0.1, 0.15) is 28.5 Å². The standard InChI is InChI=1S/C20H17ClN2O/c1-12-9-14-5-3-4-6-19(14)23(12)20(24)17-11-15-10-16(21)7-8-18(15)22-13(17)2/h3-8,10-12H,9H2,1-2H3. The van der Waals surface area contributed by atoms with E-state index in [0.29, 0.717) is 10.6 Å². The number of hydrogen-bond acceptors (Lipinski definition) is 2. The summed E-state index contributed by atoms with van der Waals surface area (Å²) in [6, 6.07) is 15.7. The lowest BCUT2D eigenvalue weighted by Gasteiger charge is -2.23. The largest absolute Gasteiger partial charge is 0.305 e. The van der Waals surface area contributed by atoms with Gasteiger partial charge in [0.25, 0.3) is 5.91 Å². The highest BCUT2D eigenvalue weighted by Gasteiger charge is 2.32. The highest BCUT2D eigenvalue weighted by molar-refractivity contribution is 6.31. The summed E-state index contributed by atoms with van der Waals surface area (Å²) < 4.78 is 0. The van der Waals surface area contributed by atoms with Crippen molar-refractivity contribution in [1.29, 1.82) is 0 Å². The molecule has 3 nitrogen and oxygen atoms in total. The van der Waals surface area contributed by atoms with Crippen molar-refractivity contribution in [1.82, 2.24) is 4.98 Å². The maximum atomic E-state index is 13.2. The van der Waals surface area contributed by atoms with E-state index in [9.17, 15) is 4.79 Å². The van der Waals surface area contributed by atoms with E-state index in [1.807, 2.05) is 54.3 Å². The molecule has 4 heteroatoms. The Hall–Kier alpha value is -2.39. The molecule has 2 heterocycles. The van der Waals surface area contributed by atoms with Crippen LogP contribution in [0.5, 0.6) is 0 Å². The van der Waals surface area contributed by atoms with Crippen molar-refractivity contribution >= 4 is 34.1 Å². The molecule has 24 heavy (non-hydrogen) atoms. The fourth-order valence-corrected chi connectivity index (χ4v) is 3.65. The zero-order valence-electron chi connectivity index (χ0n) is 13.6. The average Bonchev–Trinajstić information content (AvgIpc) is 2.89. The number of anilines is 1. The van der Waals surface area contributed by atoms with Crippen molar-refractivity contribution in [3.05, 3.63) is 70.4 Å². The highest BCUT2D eigenvalue weighted by atomic mass is 35.5. The summed E-state index contributed by atoms with van der Waals surface area (Å²) in [5.41, 5.74) is 4.44. The van der Waals surface area contributed by atoms with Gasteiger partial charge in [0, 0.05) is 22.1 Å². The molecule has 0 aliphatic carbocycles. The van der Waals surface area contributed by atoms with E-state index in [1.165, 1.54) is 5.56 Å². The van der Waals surface area contributed by atoms with Gasteiger partial charge in [0.1, 0.15) is 0 Å². The fourth-order valence-electron chi connectivity index (χ4n) is 3.46. The van der Waals surface area contributed by atoms with Crippen LogP contribution in [0.2, 0.25) is 5.02 Å². The minimum Gasteiger partial charge on any atom is -0.305 e. The third-order valence-electron chi connectivity index (χ3n) is 4.62. The lowest BCUT2D eigenvalue weighted by Crippen LogP contribution is -2.36. The summed E-state index contributed by atoms with van der Waals surface area (Å²) >= 11 is 6.08. The molecule has 1 aromatic heterocycles. The Morgan fingerprint density at radius 1 is 1.21 bits per heavy atom. The van der Waals surface area contributed by atoms with Crippen LogP contribution >= 0.6 is 11.6 Å². The molecule has 0 saturated heterocycles. The first-order chi connectivity index (χ1) is 11.5. The first-order valence-electron chi connectivity index (χ1n) is 8.03. The molecule has 1 atom stereocenters. The van der Waals surface area contributed by atoms with Gasteiger partial charge in [-0.3, -0.25) is 9.78 Å². The maximum Gasteiger partial charge on any atom is 0.260 e. The van der Waals surface area contributed by atoms with Crippen LogP contribution in [-0.2, 0) is 6.42 Å². The number of rotatable bonds is 1. The van der Waals surface area contributed by atoms with Crippen molar-refractivity contribution in [3.8, 4) is 0 Å². The van der Waals surface area contributed by atoms with Crippen molar-refractivity contribution in [2.45, 2.75) is 26.3 Å². The third-order valence-corrected chi connectivity index (χ3v) is 4.86. The molecule has 0 fully saturated rings. The number of pyridine rings is 1. The summed E-state index contributed by atoms with van der Waals surface area (Å²) in [6.45, 7) is 3.96. The molecule has 0 bridgehead atoms. The molecule has 120 valence electrons. The molecule has 1 amide bonds. The van der Waals surface area contributed by atoms with Gasteiger partial charge in [-0.05, 0) is 56.2 Å². The van der Waals surface area contributed by atoms with Crippen LogP contribution in [-0.4, -0.2) is 16.9 Å². The second-order valence-corrected chi connectivity index (χ2v) is 6.75. The normalized spacial score (nSPS) is 16.5. The van der Waals surface area contributed by atoms with Crippen molar-refractivity contribution < 1.29 is 4.79 Å². The topological polar surface area (TPSA) is 33.2 Å². The Labute approximate surface area is 145 Å².